The van der Waals surface area contributed by atoms with E-state index in [2.05, 4.69) is 5.32 Å². The number of para-hydroxylation sites is 1. The fourth-order valence-corrected chi connectivity index (χ4v) is 6.47. The second kappa shape index (κ2) is 13.9. The molecule has 7 nitrogen and oxygen atoms in total. The number of nitrogens with zero attached hydrogens (tertiary/aromatic N) is 2. The number of aryl methyl sites for hydroxylation is 1. The minimum absolute atomic E-state index is 0.0394. The van der Waals surface area contributed by atoms with E-state index in [4.69, 9.17) is 23.2 Å². The van der Waals surface area contributed by atoms with Crippen LogP contribution in [0.2, 0.25) is 10.0 Å². The molecular formula is C32H31Cl2N3O4S. The normalized spacial score (nSPS) is 11.9. The molecule has 10 heteroatoms. The lowest BCUT2D eigenvalue weighted by Gasteiger charge is -2.34. The Kier molecular flexibility index (Phi) is 10.3. The van der Waals surface area contributed by atoms with E-state index in [0.29, 0.717) is 21.3 Å². The lowest BCUT2D eigenvalue weighted by Crippen LogP contribution is -2.53. The summed E-state index contributed by atoms with van der Waals surface area (Å²) >= 11 is 13.0. The Morgan fingerprint density at radius 1 is 0.810 bits per heavy atom. The van der Waals surface area contributed by atoms with Gasteiger partial charge in [0.15, 0.2) is 0 Å². The maximum absolute atomic E-state index is 14.3. The van der Waals surface area contributed by atoms with Crippen molar-refractivity contribution in [1.82, 2.24) is 10.2 Å². The molecule has 1 N–H and O–H groups in total. The Hall–Kier alpha value is -3.85. The molecule has 218 valence electrons. The molecule has 42 heavy (non-hydrogen) atoms. The number of benzene rings is 4. The summed E-state index contributed by atoms with van der Waals surface area (Å²) < 4.78 is 29.0. The zero-order valence-corrected chi connectivity index (χ0v) is 25.5. The van der Waals surface area contributed by atoms with Gasteiger partial charge in [-0.15, -0.1) is 0 Å². The highest BCUT2D eigenvalue weighted by Gasteiger charge is 2.34. The average Bonchev–Trinajstić information content (AvgIpc) is 2.99. The number of likely N-dealkylation sites (N-methyl/N-ethyl adjacent to an activating group) is 1. The van der Waals surface area contributed by atoms with Crippen molar-refractivity contribution in [3.05, 3.63) is 130 Å². The van der Waals surface area contributed by atoms with Crippen LogP contribution in [0, 0.1) is 6.92 Å². The molecule has 0 aliphatic heterocycles. The molecule has 0 heterocycles. The number of rotatable bonds is 11. The number of amides is 2. The number of nitrogens with one attached hydrogen (secondary N) is 1. The molecule has 1 atom stereocenters. The Bertz CT molecular complexity index is 1610. The van der Waals surface area contributed by atoms with E-state index in [1.807, 2.05) is 37.3 Å². The predicted octanol–water partition coefficient (Wildman–Crippen LogP) is 5.88. The molecule has 4 rings (SSSR count). The van der Waals surface area contributed by atoms with Gasteiger partial charge in [-0.1, -0.05) is 95.5 Å². The van der Waals surface area contributed by atoms with Crippen LogP contribution in [-0.2, 0) is 32.6 Å². The number of hydrogen-bond acceptors (Lipinski definition) is 4. The highest BCUT2D eigenvalue weighted by atomic mass is 35.5. The highest BCUT2D eigenvalue weighted by Crippen LogP contribution is 2.29. The van der Waals surface area contributed by atoms with Crippen molar-refractivity contribution in [2.75, 3.05) is 17.9 Å². The largest absolute Gasteiger partial charge is 0.357 e. The first kappa shape index (κ1) is 31.1. The van der Waals surface area contributed by atoms with Crippen LogP contribution in [0.25, 0.3) is 0 Å². The summed E-state index contributed by atoms with van der Waals surface area (Å²) in [6.07, 6.45) is 0.185. The van der Waals surface area contributed by atoms with Crippen molar-refractivity contribution in [3.63, 3.8) is 0 Å². The van der Waals surface area contributed by atoms with Crippen molar-refractivity contribution in [3.8, 4) is 0 Å². The van der Waals surface area contributed by atoms with E-state index < -0.39 is 34.4 Å². The Labute approximate surface area is 256 Å². The smallest absolute Gasteiger partial charge is 0.264 e. The van der Waals surface area contributed by atoms with E-state index in [9.17, 15) is 18.0 Å². The molecule has 0 aromatic heterocycles. The van der Waals surface area contributed by atoms with Crippen molar-refractivity contribution in [1.29, 1.82) is 0 Å². The number of anilines is 1. The molecule has 0 aliphatic carbocycles. The molecule has 4 aromatic carbocycles. The van der Waals surface area contributed by atoms with Crippen LogP contribution >= 0.6 is 23.2 Å². The van der Waals surface area contributed by atoms with Crippen LogP contribution in [0.5, 0.6) is 0 Å². The van der Waals surface area contributed by atoms with Crippen LogP contribution in [0.4, 0.5) is 5.69 Å². The van der Waals surface area contributed by atoms with Gasteiger partial charge < -0.3 is 10.2 Å². The molecule has 0 fully saturated rings. The number of halogens is 2. The summed E-state index contributed by atoms with van der Waals surface area (Å²) in [5, 5.41) is 3.30. The molecule has 0 saturated heterocycles. The summed E-state index contributed by atoms with van der Waals surface area (Å²) in [7, 11) is -2.68. The summed E-state index contributed by atoms with van der Waals surface area (Å²) in [6.45, 7) is 1.18. The molecular weight excluding hydrogens is 593 g/mol. The molecule has 0 bridgehead atoms. The molecule has 0 aliphatic rings. The molecule has 2 amide bonds. The Morgan fingerprint density at radius 2 is 1.38 bits per heavy atom. The molecule has 0 unspecified atom stereocenters. The van der Waals surface area contributed by atoms with E-state index in [1.54, 1.807) is 60.7 Å². The summed E-state index contributed by atoms with van der Waals surface area (Å²) in [5.41, 5.74) is 2.47. The summed E-state index contributed by atoms with van der Waals surface area (Å²) in [4.78, 5) is 29.0. The lowest BCUT2D eigenvalue weighted by molar-refractivity contribution is -0.139. The lowest BCUT2D eigenvalue weighted by atomic mass is 10.0. The molecule has 4 aromatic rings. The zero-order chi connectivity index (χ0) is 30.3. The monoisotopic (exact) mass is 623 g/mol. The highest BCUT2D eigenvalue weighted by molar-refractivity contribution is 7.92. The zero-order valence-electron chi connectivity index (χ0n) is 23.2. The second-order valence-corrected chi connectivity index (χ2v) is 12.4. The SMILES string of the molecule is CNC(=O)[C@H](Cc1ccccc1)N(Cc1c(Cl)cccc1Cl)C(=O)CN(c1ccccc1)S(=O)(=O)c1ccc(C)cc1. The van der Waals surface area contributed by atoms with Gasteiger partial charge in [-0.3, -0.25) is 13.9 Å². The van der Waals surface area contributed by atoms with Crippen LogP contribution in [0.3, 0.4) is 0 Å². The average molecular weight is 625 g/mol. The van der Waals surface area contributed by atoms with Gasteiger partial charge in [0.2, 0.25) is 11.8 Å². The third-order valence-electron chi connectivity index (χ3n) is 6.84. The van der Waals surface area contributed by atoms with Crippen LogP contribution in [0.15, 0.2) is 108 Å². The maximum atomic E-state index is 14.3. The standard InChI is InChI=1S/C32H31Cl2N3O4S/c1-23-16-18-26(19-17-23)42(40,41)37(25-12-7-4-8-13-25)22-31(38)36(21-27-28(33)14-9-15-29(27)34)30(32(39)35-2)20-24-10-5-3-6-11-24/h3-19,30H,20-22H2,1-2H3,(H,35,39)/t30-/m0/s1. The minimum Gasteiger partial charge on any atom is -0.357 e. The first-order chi connectivity index (χ1) is 20.1. The van der Waals surface area contributed by atoms with E-state index in [0.717, 1.165) is 15.4 Å². The van der Waals surface area contributed by atoms with Gasteiger partial charge in [-0.2, -0.15) is 0 Å². The Morgan fingerprint density at radius 3 is 1.95 bits per heavy atom. The van der Waals surface area contributed by atoms with Crippen molar-refractivity contribution in [2.24, 2.45) is 0 Å². The van der Waals surface area contributed by atoms with Gasteiger partial charge in [0.1, 0.15) is 12.6 Å². The van der Waals surface area contributed by atoms with Crippen LogP contribution in [0.1, 0.15) is 16.7 Å². The van der Waals surface area contributed by atoms with Gasteiger partial charge in [-0.25, -0.2) is 8.42 Å². The number of carbonyl (C=O) groups is 2. The third-order valence-corrected chi connectivity index (χ3v) is 9.34. The molecule has 0 spiro atoms. The summed E-state index contributed by atoms with van der Waals surface area (Å²) in [5.74, 6) is -1.02. The van der Waals surface area contributed by atoms with Crippen LogP contribution < -0.4 is 9.62 Å². The van der Waals surface area contributed by atoms with Crippen molar-refractivity contribution in [2.45, 2.75) is 30.8 Å². The number of sulfonamides is 1. The number of hydrogen-bond donors (Lipinski definition) is 1. The van der Waals surface area contributed by atoms with Gasteiger partial charge in [0, 0.05) is 35.6 Å². The Balaban J connectivity index is 1.80. The fourth-order valence-electron chi connectivity index (χ4n) is 4.53. The minimum atomic E-state index is -4.17. The quantitative estimate of drug-likeness (QED) is 0.226. The third kappa shape index (κ3) is 7.31. The van der Waals surface area contributed by atoms with Crippen molar-refractivity contribution < 1.29 is 18.0 Å². The van der Waals surface area contributed by atoms with E-state index >= 15 is 0 Å². The van der Waals surface area contributed by atoms with E-state index in [1.165, 1.54) is 24.1 Å². The topological polar surface area (TPSA) is 86.8 Å². The van der Waals surface area contributed by atoms with E-state index in [-0.39, 0.29) is 17.9 Å². The number of carbonyl (C=O) groups excluding carboxylic acids is 2. The van der Waals surface area contributed by atoms with Gasteiger partial charge in [0.25, 0.3) is 10.0 Å². The predicted molar refractivity (Wildman–Crippen MR) is 167 cm³/mol. The van der Waals surface area contributed by atoms with Gasteiger partial charge >= 0.3 is 0 Å². The summed E-state index contributed by atoms with van der Waals surface area (Å²) in [6, 6.07) is 28.1. The van der Waals surface area contributed by atoms with Crippen molar-refractivity contribution >= 4 is 50.7 Å². The maximum Gasteiger partial charge on any atom is 0.264 e. The molecule has 0 saturated carbocycles. The van der Waals surface area contributed by atoms with Crippen LogP contribution in [-0.4, -0.2) is 44.8 Å². The van der Waals surface area contributed by atoms with Gasteiger partial charge in [0.05, 0.1) is 10.6 Å². The second-order valence-electron chi connectivity index (χ2n) is 9.70. The first-order valence-electron chi connectivity index (χ1n) is 13.2. The molecule has 0 radical (unpaired) electrons. The fraction of sp³-hybridized carbons (Fsp3) is 0.188. The first-order valence-corrected chi connectivity index (χ1v) is 15.4. The van der Waals surface area contributed by atoms with Gasteiger partial charge in [-0.05, 0) is 48.9 Å².